The molecule has 0 bridgehead atoms. The Kier molecular flexibility index (Phi) is 3.98. The maximum atomic E-state index is 12.4. The van der Waals surface area contributed by atoms with Crippen molar-refractivity contribution in [1.82, 2.24) is 10.2 Å². The highest BCUT2D eigenvalue weighted by Crippen LogP contribution is 2.17. The molecule has 2 aliphatic heterocycles. The Bertz CT molecular complexity index is 244. The summed E-state index contributed by atoms with van der Waals surface area (Å²) in [6, 6.07) is 0.188. The lowest BCUT2D eigenvalue weighted by Gasteiger charge is -2.26. The van der Waals surface area contributed by atoms with E-state index in [-0.39, 0.29) is 24.7 Å². The molecule has 1 unspecified atom stereocenters. The zero-order chi connectivity index (χ0) is 11.4. The number of nitrogens with zero attached hydrogens (tertiary/aromatic N) is 1. The van der Waals surface area contributed by atoms with Gasteiger partial charge >= 0.3 is 6.03 Å². The minimum Gasteiger partial charge on any atom is -0.381 e. The van der Waals surface area contributed by atoms with E-state index in [1.807, 2.05) is 0 Å². The van der Waals surface area contributed by atoms with E-state index in [2.05, 4.69) is 5.32 Å². The standard InChI is InChI=1S/C11H19FN2O2/c12-7-9-1-4-14(8-9)11(15)13-10-2-5-16-6-3-10/h9-10H,1-8H2,(H,13,15). The van der Waals surface area contributed by atoms with Gasteiger partial charge in [-0.15, -0.1) is 0 Å². The predicted octanol–water partition coefficient (Wildman–Crippen LogP) is 1.17. The first-order valence-corrected chi connectivity index (χ1v) is 5.98. The van der Waals surface area contributed by atoms with Crippen molar-refractivity contribution >= 4 is 6.03 Å². The average Bonchev–Trinajstić information content (AvgIpc) is 2.79. The summed E-state index contributed by atoms with van der Waals surface area (Å²) in [5.41, 5.74) is 0. The number of alkyl halides is 1. The van der Waals surface area contributed by atoms with Gasteiger partial charge in [-0.1, -0.05) is 0 Å². The Morgan fingerprint density at radius 3 is 2.75 bits per heavy atom. The van der Waals surface area contributed by atoms with Gasteiger partial charge in [0, 0.05) is 38.3 Å². The topological polar surface area (TPSA) is 41.6 Å². The van der Waals surface area contributed by atoms with Crippen LogP contribution in [0.15, 0.2) is 0 Å². The molecule has 2 fully saturated rings. The molecule has 2 heterocycles. The van der Waals surface area contributed by atoms with Crippen LogP contribution >= 0.6 is 0 Å². The summed E-state index contributed by atoms with van der Waals surface area (Å²) in [7, 11) is 0. The van der Waals surface area contributed by atoms with Gasteiger partial charge in [0.05, 0.1) is 6.67 Å². The van der Waals surface area contributed by atoms with Gasteiger partial charge in [-0.3, -0.25) is 4.39 Å². The Balaban J connectivity index is 1.75. The summed E-state index contributed by atoms with van der Waals surface area (Å²) < 4.78 is 17.6. The lowest BCUT2D eigenvalue weighted by Crippen LogP contribution is -2.45. The van der Waals surface area contributed by atoms with Gasteiger partial charge in [-0.05, 0) is 19.3 Å². The van der Waals surface area contributed by atoms with Crippen LogP contribution in [0.4, 0.5) is 9.18 Å². The van der Waals surface area contributed by atoms with E-state index in [1.54, 1.807) is 4.90 Å². The second-order valence-electron chi connectivity index (χ2n) is 4.59. The van der Waals surface area contributed by atoms with Gasteiger partial charge in [-0.2, -0.15) is 0 Å². The first-order valence-electron chi connectivity index (χ1n) is 5.98. The average molecular weight is 230 g/mol. The highest BCUT2D eigenvalue weighted by molar-refractivity contribution is 5.74. The maximum absolute atomic E-state index is 12.4. The molecule has 16 heavy (non-hydrogen) atoms. The number of carbonyl (C=O) groups is 1. The molecule has 2 saturated heterocycles. The minimum atomic E-state index is -0.318. The van der Waals surface area contributed by atoms with Crippen LogP contribution in [0.2, 0.25) is 0 Å². The van der Waals surface area contributed by atoms with E-state index in [0.29, 0.717) is 13.1 Å². The molecule has 0 aromatic carbocycles. The smallest absolute Gasteiger partial charge is 0.317 e. The SMILES string of the molecule is O=C(NC1CCOCC1)N1CCC(CF)C1. The highest BCUT2D eigenvalue weighted by Gasteiger charge is 2.27. The largest absolute Gasteiger partial charge is 0.381 e. The zero-order valence-corrected chi connectivity index (χ0v) is 9.45. The van der Waals surface area contributed by atoms with Crippen LogP contribution in [0.5, 0.6) is 0 Å². The van der Waals surface area contributed by atoms with E-state index in [1.165, 1.54) is 0 Å². The van der Waals surface area contributed by atoms with Gasteiger partial charge in [0.1, 0.15) is 0 Å². The molecule has 4 nitrogen and oxygen atoms in total. The van der Waals surface area contributed by atoms with E-state index >= 15 is 0 Å². The monoisotopic (exact) mass is 230 g/mol. The predicted molar refractivity (Wildman–Crippen MR) is 58.0 cm³/mol. The van der Waals surface area contributed by atoms with Crippen molar-refractivity contribution in [3.63, 3.8) is 0 Å². The molecule has 2 aliphatic rings. The van der Waals surface area contributed by atoms with Crippen molar-refractivity contribution in [3.8, 4) is 0 Å². The number of hydrogen-bond donors (Lipinski definition) is 1. The molecule has 92 valence electrons. The number of nitrogens with one attached hydrogen (secondary N) is 1. The van der Waals surface area contributed by atoms with Crippen molar-refractivity contribution in [3.05, 3.63) is 0 Å². The van der Waals surface area contributed by atoms with Gasteiger partial charge in [0.15, 0.2) is 0 Å². The number of likely N-dealkylation sites (tertiary alicyclic amines) is 1. The Hall–Kier alpha value is -0.840. The summed E-state index contributed by atoms with van der Waals surface area (Å²) >= 11 is 0. The van der Waals surface area contributed by atoms with Crippen LogP contribution < -0.4 is 5.32 Å². The van der Waals surface area contributed by atoms with Crippen LogP contribution in [0.3, 0.4) is 0 Å². The number of amides is 2. The number of halogens is 1. The fourth-order valence-corrected chi connectivity index (χ4v) is 2.25. The van der Waals surface area contributed by atoms with Crippen molar-refractivity contribution in [2.75, 3.05) is 33.0 Å². The lowest BCUT2D eigenvalue weighted by atomic mass is 10.1. The van der Waals surface area contributed by atoms with E-state index < -0.39 is 0 Å². The Morgan fingerprint density at radius 1 is 1.38 bits per heavy atom. The number of rotatable bonds is 2. The third-order valence-corrected chi connectivity index (χ3v) is 3.34. The Morgan fingerprint density at radius 2 is 2.12 bits per heavy atom. The van der Waals surface area contributed by atoms with E-state index in [9.17, 15) is 9.18 Å². The third kappa shape index (κ3) is 2.84. The molecule has 2 rings (SSSR count). The molecule has 0 aromatic rings. The second kappa shape index (κ2) is 5.48. The summed E-state index contributed by atoms with van der Waals surface area (Å²) in [6.45, 7) is 2.37. The summed E-state index contributed by atoms with van der Waals surface area (Å²) in [5.74, 6) is 0.0421. The van der Waals surface area contributed by atoms with E-state index in [4.69, 9.17) is 4.74 Å². The van der Waals surface area contributed by atoms with Crippen molar-refractivity contribution in [1.29, 1.82) is 0 Å². The summed E-state index contributed by atoms with van der Waals surface area (Å²) in [6.07, 6.45) is 2.55. The molecule has 1 N–H and O–H groups in total. The Labute approximate surface area is 95.1 Å². The van der Waals surface area contributed by atoms with Crippen LogP contribution in [-0.2, 0) is 4.74 Å². The van der Waals surface area contributed by atoms with Crippen LogP contribution in [0.1, 0.15) is 19.3 Å². The number of ether oxygens (including phenoxy) is 1. The summed E-state index contributed by atoms with van der Waals surface area (Å²) in [5, 5.41) is 2.99. The van der Waals surface area contributed by atoms with E-state index in [0.717, 1.165) is 32.5 Å². The molecule has 0 aromatic heterocycles. The molecule has 0 saturated carbocycles. The molecular weight excluding hydrogens is 211 g/mol. The maximum Gasteiger partial charge on any atom is 0.317 e. The highest BCUT2D eigenvalue weighted by atomic mass is 19.1. The number of hydrogen-bond acceptors (Lipinski definition) is 2. The molecule has 0 spiro atoms. The van der Waals surface area contributed by atoms with Crippen molar-refractivity contribution in [2.24, 2.45) is 5.92 Å². The molecule has 0 aliphatic carbocycles. The molecule has 2 amide bonds. The van der Waals surface area contributed by atoms with Gasteiger partial charge in [0.2, 0.25) is 0 Å². The fourth-order valence-electron chi connectivity index (χ4n) is 2.25. The summed E-state index contributed by atoms with van der Waals surface area (Å²) in [4.78, 5) is 13.5. The van der Waals surface area contributed by atoms with Crippen LogP contribution in [0, 0.1) is 5.92 Å². The quantitative estimate of drug-likeness (QED) is 0.773. The molecule has 0 radical (unpaired) electrons. The number of urea groups is 1. The van der Waals surface area contributed by atoms with Crippen molar-refractivity contribution < 1.29 is 13.9 Å². The van der Waals surface area contributed by atoms with Gasteiger partial charge < -0.3 is 15.0 Å². The third-order valence-electron chi connectivity index (χ3n) is 3.34. The fraction of sp³-hybridized carbons (Fsp3) is 0.909. The van der Waals surface area contributed by atoms with Gasteiger partial charge in [-0.25, -0.2) is 4.79 Å². The first-order chi connectivity index (χ1) is 7.79. The van der Waals surface area contributed by atoms with Crippen LogP contribution in [0.25, 0.3) is 0 Å². The lowest BCUT2D eigenvalue weighted by molar-refractivity contribution is 0.0784. The molecule has 5 heteroatoms. The normalized spacial score (nSPS) is 27.1. The first kappa shape index (κ1) is 11.6. The van der Waals surface area contributed by atoms with Gasteiger partial charge in [0.25, 0.3) is 0 Å². The minimum absolute atomic E-state index is 0.0390. The van der Waals surface area contributed by atoms with Crippen molar-refractivity contribution in [2.45, 2.75) is 25.3 Å². The number of carbonyl (C=O) groups excluding carboxylic acids is 1. The molecular formula is C11H19FN2O2. The zero-order valence-electron chi connectivity index (χ0n) is 9.45. The van der Waals surface area contributed by atoms with Crippen LogP contribution in [-0.4, -0.2) is 50.0 Å². The molecule has 1 atom stereocenters. The second-order valence-corrected chi connectivity index (χ2v) is 4.59.